The maximum atomic E-state index is 14.0. The Kier molecular flexibility index (Phi) is 9.39. The summed E-state index contributed by atoms with van der Waals surface area (Å²) < 4.78 is 14.0. The van der Waals surface area contributed by atoms with Crippen molar-refractivity contribution in [2.75, 3.05) is 26.2 Å². The minimum Gasteiger partial charge on any atom is -0.314 e. The third kappa shape index (κ3) is 5.21. The maximum absolute atomic E-state index is 14.0. The molecule has 0 unspecified atom stereocenters. The van der Waals surface area contributed by atoms with E-state index in [0.29, 0.717) is 5.92 Å². The third-order valence-corrected chi connectivity index (χ3v) is 3.55. The van der Waals surface area contributed by atoms with Crippen molar-refractivity contribution < 1.29 is 4.39 Å². The van der Waals surface area contributed by atoms with Crippen molar-refractivity contribution in [3.8, 4) is 0 Å². The van der Waals surface area contributed by atoms with Crippen LogP contribution in [0, 0.1) is 11.7 Å². The molecule has 2 rings (SSSR count). The summed E-state index contributed by atoms with van der Waals surface area (Å²) in [6.45, 7) is 8.43. The molecule has 1 aliphatic rings. The molecule has 1 aliphatic heterocycles. The quantitative estimate of drug-likeness (QED) is 0.910. The van der Waals surface area contributed by atoms with E-state index < -0.39 is 0 Å². The average Bonchev–Trinajstić information content (AvgIpc) is 2.38. The van der Waals surface area contributed by atoms with Gasteiger partial charge in [0.1, 0.15) is 5.82 Å². The summed E-state index contributed by atoms with van der Waals surface area (Å²) in [6.07, 6.45) is 1.01. The molecule has 1 aromatic carbocycles. The fourth-order valence-electron chi connectivity index (χ4n) is 2.66. The van der Waals surface area contributed by atoms with Gasteiger partial charge < -0.3 is 5.32 Å². The summed E-state index contributed by atoms with van der Waals surface area (Å²) in [5.41, 5.74) is 0.855. The molecule has 1 fully saturated rings. The highest BCUT2D eigenvalue weighted by Crippen LogP contribution is 2.29. The van der Waals surface area contributed by atoms with Crippen LogP contribution in [0.4, 0.5) is 4.39 Å². The van der Waals surface area contributed by atoms with Crippen LogP contribution in [0.5, 0.6) is 0 Å². The SMILES string of the molecule is CC(C)C[C@H](c1ccccc1F)N1CCNCC1.Cl.Cl. The second-order valence-electron chi connectivity index (χ2n) is 5.45. The summed E-state index contributed by atoms with van der Waals surface area (Å²) in [7, 11) is 0. The van der Waals surface area contributed by atoms with Crippen molar-refractivity contribution in [2.45, 2.75) is 26.3 Å². The van der Waals surface area contributed by atoms with E-state index in [4.69, 9.17) is 0 Å². The number of nitrogens with one attached hydrogen (secondary N) is 1. The predicted molar refractivity (Wildman–Crippen MR) is 87.5 cm³/mol. The molecule has 20 heavy (non-hydrogen) atoms. The lowest BCUT2D eigenvalue weighted by Gasteiger charge is -2.36. The first kappa shape index (κ1) is 19.7. The minimum absolute atomic E-state index is 0. The Morgan fingerprint density at radius 3 is 2.30 bits per heavy atom. The highest BCUT2D eigenvalue weighted by Gasteiger charge is 2.24. The van der Waals surface area contributed by atoms with Gasteiger partial charge in [-0.15, -0.1) is 24.8 Å². The number of piperazine rings is 1. The molecular weight excluding hydrogens is 298 g/mol. The zero-order valence-electron chi connectivity index (χ0n) is 12.1. The van der Waals surface area contributed by atoms with Crippen LogP contribution in [0.2, 0.25) is 0 Å². The van der Waals surface area contributed by atoms with Gasteiger partial charge in [0.2, 0.25) is 0 Å². The average molecular weight is 323 g/mol. The molecule has 1 saturated heterocycles. The number of benzene rings is 1. The lowest BCUT2D eigenvalue weighted by atomic mass is 9.94. The summed E-state index contributed by atoms with van der Waals surface area (Å²) in [5, 5.41) is 3.35. The summed E-state index contributed by atoms with van der Waals surface area (Å²) in [4.78, 5) is 2.41. The van der Waals surface area contributed by atoms with Gasteiger partial charge in [-0.2, -0.15) is 0 Å². The van der Waals surface area contributed by atoms with Crippen LogP contribution in [-0.2, 0) is 0 Å². The molecule has 0 amide bonds. The van der Waals surface area contributed by atoms with Gasteiger partial charge in [0, 0.05) is 37.8 Å². The highest BCUT2D eigenvalue weighted by molar-refractivity contribution is 5.85. The van der Waals surface area contributed by atoms with Crippen molar-refractivity contribution in [3.63, 3.8) is 0 Å². The van der Waals surface area contributed by atoms with E-state index in [9.17, 15) is 4.39 Å². The van der Waals surface area contributed by atoms with E-state index in [1.165, 1.54) is 0 Å². The summed E-state index contributed by atoms with van der Waals surface area (Å²) in [6, 6.07) is 7.43. The zero-order chi connectivity index (χ0) is 13.0. The number of halogens is 3. The standard InChI is InChI=1S/C15H23FN2.2ClH/c1-12(2)11-15(18-9-7-17-8-10-18)13-5-3-4-6-14(13)16;;/h3-6,12,15,17H,7-11H2,1-2H3;2*1H/t15-;;/m1../s1. The van der Waals surface area contributed by atoms with Crippen LogP contribution >= 0.6 is 24.8 Å². The summed E-state index contributed by atoms with van der Waals surface area (Å²) in [5.74, 6) is 0.506. The molecule has 0 spiro atoms. The van der Waals surface area contributed by atoms with Crippen molar-refractivity contribution >= 4 is 24.8 Å². The molecular formula is C15H25Cl2FN2. The fourth-order valence-corrected chi connectivity index (χ4v) is 2.66. The van der Waals surface area contributed by atoms with E-state index >= 15 is 0 Å². The first-order valence-corrected chi connectivity index (χ1v) is 6.87. The Morgan fingerprint density at radius 2 is 1.75 bits per heavy atom. The van der Waals surface area contributed by atoms with E-state index in [2.05, 4.69) is 24.1 Å². The minimum atomic E-state index is -0.0679. The Hall–Kier alpha value is -0.350. The van der Waals surface area contributed by atoms with Crippen LogP contribution in [0.25, 0.3) is 0 Å². The van der Waals surface area contributed by atoms with Crippen LogP contribution in [0.3, 0.4) is 0 Å². The van der Waals surface area contributed by atoms with Crippen LogP contribution in [0.15, 0.2) is 24.3 Å². The van der Waals surface area contributed by atoms with Gasteiger partial charge in [-0.3, -0.25) is 4.90 Å². The molecule has 1 aromatic rings. The maximum Gasteiger partial charge on any atom is 0.127 e. The van der Waals surface area contributed by atoms with E-state index in [-0.39, 0.29) is 36.7 Å². The predicted octanol–water partition coefficient (Wildman–Crippen LogP) is 3.66. The smallest absolute Gasteiger partial charge is 0.127 e. The topological polar surface area (TPSA) is 15.3 Å². The van der Waals surface area contributed by atoms with Crippen LogP contribution in [-0.4, -0.2) is 31.1 Å². The van der Waals surface area contributed by atoms with E-state index in [1.807, 2.05) is 12.1 Å². The van der Waals surface area contributed by atoms with Crippen LogP contribution in [0.1, 0.15) is 31.9 Å². The molecule has 0 radical (unpaired) electrons. The number of nitrogens with zero attached hydrogens (tertiary/aromatic N) is 1. The zero-order valence-corrected chi connectivity index (χ0v) is 13.8. The second-order valence-corrected chi connectivity index (χ2v) is 5.45. The Bertz CT molecular complexity index is 382. The van der Waals surface area contributed by atoms with Crippen molar-refractivity contribution in [1.29, 1.82) is 0 Å². The van der Waals surface area contributed by atoms with E-state index in [1.54, 1.807) is 12.1 Å². The summed E-state index contributed by atoms with van der Waals surface area (Å²) >= 11 is 0. The van der Waals surface area contributed by atoms with Gasteiger partial charge in [-0.05, 0) is 18.4 Å². The first-order valence-electron chi connectivity index (χ1n) is 6.87. The van der Waals surface area contributed by atoms with Gasteiger partial charge in [-0.25, -0.2) is 4.39 Å². The molecule has 5 heteroatoms. The fraction of sp³-hybridized carbons (Fsp3) is 0.600. The largest absolute Gasteiger partial charge is 0.314 e. The molecule has 1 N–H and O–H groups in total. The molecule has 0 bridgehead atoms. The van der Waals surface area contributed by atoms with Crippen molar-refractivity contribution in [3.05, 3.63) is 35.6 Å². The highest BCUT2D eigenvalue weighted by atomic mass is 35.5. The van der Waals surface area contributed by atoms with Crippen molar-refractivity contribution in [2.24, 2.45) is 5.92 Å². The molecule has 116 valence electrons. The van der Waals surface area contributed by atoms with Gasteiger partial charge >= 0.3 is 0 Å². The monoisotopic (exact) mass is 322 g/mol. The molecule has 0 aliphatic carbocycles. The second kappa shape index (κ2) is 9.56. The van der Waals surface area contributed by atoms with Gasteiger partial charge in [0.05, 0.1) is 0 Å². The molecule has 1 atom stereocenters. The number of rotatable bonds is 4. The Labute approximate surface area is 133 Å². The van der Waals surface area contributed by atoms with Gasteiger partial charge in [-0.1, -0.05) is 32.0 Å². The van der Waals surface area contributed by atoms with Crippen LogP contribution < -0.4 is 5.32 Å². The van der Waals surface area contributed by atoms with Crippen molar-refractivity contribution in [1.82, 2.24) is 10.2 Å². The molecule has 2 nitrogen and oxygen atoms in total. The Balaban J connectivity index is 0.00000180. The Morgan fingerprint density at radius 1 is 1.15 bits per heavy atom. The molecule has 0 aromatic heterocycles. The molecule has 1 heterocycles. The van der Waals surface area contributed by atoms with Gasteiger partial charge in [0.15, 0.2) is 0 Å². The first-order chi connectivity index (χ1) is 8.68. The van der Waals surface area contributed by atoms with E-state index in [0.717, 1.165) is 38.2 Å². The number of hydrogen-bond acceptors (Lipinski definition) is 2. The normalized spacial score (nSPS) is 17.2. The number of hydrogen-bond donors (Lipinski definition) is 1. The third-order valence-electron chi connectivity index (χ3n) is 3.55. The lowest BCUT2D eigenvalue weighted by molar-refractivity contribution is 0.151. The lowest BCUT2D eigenvalue weighted by Crippen LogP contribution is -2.45. The molecule has 0 saturated carbocycles. The van der Waals surface area contributed by atoms with Gasteiger partial charge in [0.25, 0.3) is 0 Å².